The molecule has 0 radical (unpaired) electrons. The van der Waals surface area contributed by atoms with E-state index in [1.807, 2.05) is 13.8 Å². The molecule has 0 bridgehead atoms. The number of benzene rings is 1. The number of carbonyl (C=O) groups excluding carboxylic acids is 1. The molecule has 1 saturated heterocycles. The molecule has 140 valence electrons. The maximum atomic E-state index is 13.0. The first kappa shape index (κ1) is 19.5. The number of nitrogens with zero attached hydrogens (tertiary/aromatic N) is 2. The van der Waals surface area contributed by atoms with Crippen LogP contribution in [-0.2, 0) is 14.8 Å². The lowest BCUT2D eigenvalue weighted by Gasteiger charge is -2.22. The van der Waals surface area contributed by atoms with E-state index in [4.69, 9.17) is 9.47 Å². The summed E-state index contributed by atoms with van der Waals surface area (Å²) in [5, 5.41) is 0. The van der Waals surface area contributed by atoms with Crippen molar-refractivity contribution in [2.45, 2.75) is 31.1 Å². The average molecular weight is 370 g/mol. The molecule has 0 saturated carbocycles. The Bertz CT molecular complexity index is 718. The Hall–Kier alpha value is -1.80. The fourth-order valence-electron chi connectivity index (χ4n) is 2.92. The van der Waals surface area contributed by atoms with Gasteiger partial charge in [-0.05, 0) is 36.1 Å². The first-order valence-electron chi connectivity index (χ1n) is 8.32. The van der Waals surface area contributed by atoms with Gasteiger partial charge in [0.2, 0.25) is 10.0 Å². The molecular weight excluding hydrogens is 344 g/mol. The van der Waals surface area contributed by atoms with Gasteiger partial charge in [0.05, 0.1) is 19.1 Å². The summed E-state index contributed by atoms with van der Waals surface area (Å²) in [4.78, 5) is 13.4. The fourth-order valence-corrected chi connectivity index (χ4v) is 4.42. The third-order valence-corrected chi connectivity index (χ3v) is 6.24. The molecule has 1 amide bonds. The molecule has 1 aliphatic heterocycles. The highest BCUT2D eigenvalue weighted by Crippen LogP contribution is 2.30. The normalized spacial score (nSPS) is 16.6. The summed E-state index contributed by atoms with van der Waals surface area (Å²) in [5.74, 6) is 0.825. The van der Waals surface area contributed by atoms with Crippen LogP contribution in [0.1, 0.15) is 31.7 Å². The maximum absolute atomic E-state index is 13.0. The molecule has 8 heteroatoms. The topological polar surface area (TPSA) is 76.2 Å². The summed E-state index contributed by atoms with van der Waals surface area (Å²) in [6.45, 7) is 5.42. The first-order chi connectivity index (χ1) is 11.8. The molecule has 25 heavy (non-hydrogen) atoms. The van der Waals surface area contributed by atoms with Crippen LogP contribution in [0.2, 0.25) is 0 Å². The smallest absolute Gasteiger partial charge is 0.409 e. The predicted octanol–water partition coefficient (Wildman–Crippen LogP) is 2.28. The Labute approximate surface area is 149 Å². The Morgan fingerprint density at radius 3 is 2.44 bits per heavy atom. The number of amides is 1. The van der Waals surface area contributed by atoms with Crippen LogP contribution in [-0.4, -0.2) is 64.1 Å². The van der Waals surface area contributed by atoms with Gasteiger partial charge in [-0.25, -0.2) is 13.2 Å². The van der Waals surface area contributed by atoms with E-state index in [2.05, 4.69) is 0 Å². The Kier molecular flexibility index (Phi) is 6.29. The van der Waals surface area contributed by atoms with Crippen molar-refractivity contribution in [3.05, 3.63) is 23.8 Å². The molecular formula is C17H26N2O5S. The number of hydrogen-bond acceptors (Lipinski definition) is 5. The lowest BCUT2D eigenvalue weighted by Crippen LogP contribution is -2.37. The van der Waals surface area contributed by atoms with Crippen LogP contribution < -0.4 is 4.74 Å². The molecule has 2 rings (SSSR count). The van der Waals surface area contributed by atoms with Crippen LogP contribution in [0.3, 0.4) is 0 Å². The van der Waals surface area contributed by atoms with Gasteiger partial charge in [0.15, 0.2) is 0 Å². The molecule has 1 aromatic rings. The lowest BCUT2D eigenvalue weighted by molar-refractivity contribution is 0.126. The standard InChI is InChI=1S/C17H26N2O5S/c1-13(2)15-12-14(6-7-16(15)23-3)25(21,22)19-9-5-8-18(10-11-19)17(20)24-4/h6-7,12-13H,5,8-11H2,1-4H3. The molecule has 1 heterocycles. The zero-order valence-electron chi connectivity index (χ0n) is 15.2. The summed E-state index contributed by atoms with van der Waals surface area (Å²) in [7, 11) is -0.722. The minimum atomic E-state index is -3.62. The van der Waals surface area contributed by atoms with E-state index in [0.29, 0.717) is 31.8 Å². The molecule has 1 aromatic carbocycles. The largest absolute Gasteiger partial charge is 0.496 e. The van der Waals surface area contributed by atoms with Gasteiger partial charge in [-0.15, -0.1) is 0 Å². The zero-order chi connectivity index (χ0) is 18.6. The van der Waals surface area contributed by atoms with E-state index < -0.39 is 16.1 Å². The SMILES string of the molecule is COC(=O)N1CCCN(S(=O)(=O)c2ccc(OC)c(C(C)C)c2)CC1. The van der Waals surface area contributed by atoms with Gasteiger partial charge in [-0.2, -0.15) is 4.31 Å². The molecule has 1 fully saturated rings. The minimum Gasteiger partial charge on any atom is -0.496 e. The number of sulfonamides is 1. The molecule has 0 N–H and O–H groups in total. The monoisotopic (exact) mass is 370 g/mol. The van der Waals surface area contributed by atoms with E-state index in [1.165, 1.54) is 16.3 Å². The molecule has 0 atom stereocenters. The highest BCUT2D eigenvalue weighted by molar-refractivity contribution is 7.89. The fraction of sp³-hybridized carbons (Fsp3) is 0.588. The number of methoxy groups -OCH3 is 2. The van der Waals surface area contributed by atoms with E-state index in [9.17, 15) is 13.2 Å². The summed E-state index contributed by atoms with van der Waals surface area (Å²) in [6.07, 6.45) is 0.146. The van der Waals surface area contributed by atoms with Crippen LogP contribution in [0, 0.1) is 0 Å². The number of hydrogen-bond donors (Lipinski definition) is 0. The van der Waals surface area contributed by atoms with Gasteiger partial charge < -0.3 is 14.4 Å². The molecule has 1 aliphatic rings. The van der Waals surface area contributed by atoms with Crippen molar-refractivity contribution >= 4 is 16.1 Å². The first-order valence-corrected chi connectivity index (χ1v) is 9.76. The summed E-state index contributed by atoms with van der Waals surface area (Å²) >= 11 is 0. The highest BCUT2D eigenvalue weighted by atomic mass is 32.2. The van der Waals surface area contributed by atoms with Crippen molar-refractivity contribution in [2.24, 2.45) is 0 Å². The van der Waals surface area contributed by atoms with Gasteiger partial charge in [0, 0.05) is 26.2 Å². The van der Waals surface area contributed by atoms with Gasteiger partial charge in [-0.1, -0.05) is 13.8 Å². The van der Waals surface area contributed by atoms with Crippen LogP contribution in [0.15, 0.2) is 23.1 Å². The van der Waals surface area contributed by atoms with Crippen molar-refractivity contribution in [3.63, 3.8) is 0 Å². The molecule has 0 spiro atoms. The van der Waals surface area contributed by atoms with E-state index in [1.54, 1.807) is 25.3 Å². The van der Waals surface area contributed by atoms with Crippen molar-refractivity contribution in [1.82, 2.24) is 9.21 Å². The van der Waals surface area contributed by atoms with Crippen LogP contribution in [0.4, 0.5) is 4.79 Å². The Balaban J connectivity index is 2.26. The van der Waals surface area contributed by atoms with Gasteiger partial charge in [0.1, 0.15) is 5.75 Å². The van der Waals surface area contributed by atoms with Crippen molar-refractivity contribution in [1.29, 1.82) is 0 Å². The maximum Gasteiger partial charge on any atom is 0.409 e. The lowest BCUT2D eigenvalue weighted by atomic mass is 10.0. The highest BCUT2D eigenvalue weighted by Gasteiger charge is 2.29. The molecule has 0 aromatic heterocycles. The number of carbonyl (C=O) groups is 1. The second kappa shape index (κ2) is 8.05. The van der Waals surface area contributed by atoms with Gasteiger partial charge in [0.25, 0.3) is 0 Å². The molecule has 0 aliphatic carbocycles. The Morgan fingerprint density at radius 2 is 1.84 bits per heavy atom. The van der Waals surface area contributed by atoms with E-state index in [-0.39, 0.29) is 17.4 Å². The number of ether oxygens (including phenoxy) is 2. The quantitative estimate of drug-likeness (QED) is 0.813. The van der Waals surface area contributed by atoms with Crippen molar-refractivity contribution in [3.8, 4) is 5.75 Å². The van der Waals surface area contributed by atoms with E-state index in [0.717, 1.165) is 5.56 Å². The third-order valence-electron chi connectivity index (χ3n) is 4.35. The van der Waals surface area contributed by atoms with E-state index >= 15 is 0 Å². The predicted molar refractivity (Wildman–Crippen MR) is 94.4 cm³/mol. The number of rotatable bonds is 4. The van der Waals surface area contributed by atoms with Gasteiger partial charge in [-0.3, -0.25) is 0 Å². The zero-order valence-corrected chi connectivity index (χ0v) is 16.0. The van der Waals surface area contributed by atoms with Gasteiger partial charge >= 0.3 is 6.09 Å². The van der Waals surface area contributed by atoms with Crippen LogP contribution in [0.5, 0.6) is 5.75 Å². The summed E-state index contributed by atoms with van der Waals surface area (Å²) < 4.78 is 37.5. The van der Waals surface area contributed by atoms with Crippen molar-refractivity contribution < 1.29 is 22.7 Å². The summed E-state index contributed by atoms with van der Waals surface area (Å²) in [6, 6.07) is 4.95. The molecule has 7 nitrogen and oxygen atoms in total. The third kappa shape index (κ3) is 4.24. The van der Waals surface area contributed by atoms with Crippen LogP contribution in [0.25, 0.3) is 0 Å². The van der Waals surface area contributed by atoms with Crippen LogP contribution >= 0.6 is 0 Å². The minimum absolute atomic E-state index is 0.143. The Morgan fingerprint density at radius 1 is 1.12 bits per heavy atom. The molecule has 0 unspecified atom stereocenters. The second-order valence-electron chi connectivity index (χ2n) is 6.27. The second-order valence-corrected chi connectivity index (χ2v) is 8.21. The summed E-state index contributed by atoms with van der Waals surface area (Å²) in [5.41, 5.74) is 0.856. The average Bonchev–Trinajstić information content (AvgIpc) is 2.87. The van der Waals surface area contributed by atoms with Crippen molar-refractivity contribution in [2.75, 3.05) is 40.4 Å².